The Kier molecular flexibility index (Phi) is 6.50. The van der Waals surface area contributed by atoms with E-state index in [1.54, 1.807) is 54.0 Å². The van der Waals surface area contributed by atoms with Crippen LogP contribution in [0.2, 0.25) is 0 Å². The van der Waals surface area contributed by atoms with Crippen molar-refractivity contribution in [1.82, 2.24) is 29.6 Å². The summed E-state index contributed by atoms with van der Waals surface area (Å²) in [7, 11) is 1.61. The van der Waals surface area contributed by atoms with E-state index in [4.69, 9.17) is 4.74 Å². The third-order valence-corrected chi connectivity index (χ3v) is 5.73. The molecule has 164 valence electrons. The van der Waals surface area contributed by atoms with Crippen LogP contribution in [0.5, 0.6) is 5.75 Å². The van der Waals surface area contributed by atoms with Crippen LogP contribution in [0.4, 0.5) is 4.39 Å². The van der Waals surface area contributed by atoms with E-state index < -0.39 is 0 Å². The quantitative estimate of drug-likeness (QED) is 0.413. The molecule has 0 aliphatic carbocycles. The number of nitrogens with one attached hydrogen (secondary N) is 1. The molecule has 0 spiro atoms. The molecule has 0 bridgehead atoms. The number of hydrogen-bond acceptors (Lipinski definition) is 6. The van der Waals surface area contributed by atoms with Crippen LogP contribution < -0.4 is 10.1 Å². The van der Waals surface area contributed by atoms with Gasteiger partial charge in [-0.15, -0.1) is 10.2 Å². The molecule has 0 aliphatic rings. The summed E-state index contributed by atoms with van der Waals surface area (Å²) in [5.74, 6) is 1.04. The Balaban J connectivity index is 1.33. The molecular formula is C22H21FN6O2S. The number of thioether (sulfide) groups is 1. The van der Waals surface area contributed by atoms with E-state index in [1.165, 1.54) is 17.8 Å². The highest BCUT2D eigenvalue weighted by atomic mass is 32.2. The van der Waals surface area contributed by atoms with Gasteiger partial charge in [0, 0.05) is 24.6 Å². The predicted molar refractivity (Wildman–Crippen MR) is 119 cm³/mol. The zero-order valence-corrected chi connectivity index (χ0v) is 18.3. The molecule has 8 nitrogen and oxygen atoms in total. The van der Waals surface area contributed by atoms with Crippen molar-refractivity contribution in [3.8, 4) is 17.1 Å². The fraction of sp³-hybridized carbons (Fsp3) is 0.182. The molecule has 10 heteroatoms. The molecule has 2 aromatic heterocycles. The zero-order valence-electron chi connectivity index (χ0n) is 17.5. The Bertz CT molecular complexity index is 1220. The lowest BCUT2D eigenvalue weighted by Gasteiger charge is -2.10. The predicted octanol–water partition coefficient (Wildman–Crippen LogP) is 3.32. The summed E-state index contributed by atoms with van der Waals surface area (Å²) in [6, 6.07) is 12.3. The Labute approximate surface area is 188 Å². The normalized spacial score (nSPS) is 10.8. The van der Waals surface area contributed by atoms with E-state index in [-0.39, 0.29) is 24.0 Å². The molecule has 0 fully saturated rings. The maximum Gasteiger partial charge on any atom is 0.230 e. The molecule has 0 radical (unpaired) electrons. The van der Waals surface area contributed by atoms with Gasteiger partial charge in [0.25, 0.3) is 0 Å². The molecule has 4 aromatic rings. The van der Waals surface area contributed by atoms with E-state index in [9.17, 15) is 9.18 Å². The van der Waals surface area contributed by atoms with Crippen molar-refractivity contribution in [2.24, 2.45) is 0 Å². The molecule has 4 rings (SSSR count). The molecule has 2 heterocycles. The standard InChI is InChI=1S/C22H21FN6O2S/c1-15-24-9-10-28(15)20-8-3-16(11-19(20)23)12-25-21(30)13-32-22-27-26-14-29(22)17-4-6-18(31-2)7-5-17/h3-11,14H,12-13H2,1-2H3,(H,25,30). The van der Waals surface area contributed by atoms with Gasteiger partial charge in [-0.05, 0) is 48.9 Å². The van der Waals surface area contributed by atoms with E-state index in [2.05, 4.69) is 20.5 Å². The second-order valence-electron chi connectivity index (χ2n) is 6.88. The maximum absolute atomic E-state index is 14.5. The fourth-order valence-electron chi connectivity index (χ4n) is 3.11. The first kappa shape index (κ1) is 21.6. The van der Waals surface area contributed by atoms with Gasteiger partial charge in [-0.25, -0.2) is 9.37 Å². The fourth-order valence-corrected chi connectivity index (χ4v) is 3.87. The first-order valence-electron chi connectivity index (χ1n) is 9.78. The maximum atomic E-state index is 14.5. The number of amides is 1. The minimum absolute atomic E-state index is 0.156. The molecule has 32 heavy (non-hydrogen) atoms. The van der Waals surface area contributed by atoms with Gasteiger partial charge in [0.15, 0.2) is 5.16 Å². The van der Waals surface area contributed by atoms with E-state index in [1.807, 2.05) is 24.3 Å². The summed E-state index contributed by atoms with van der Waals surface area (Å²) < 4.78 is 23.2. The molecule has 1 amide bonds. The molecule has 1 N–H and O–H groups in total. The van der Waals surface area contributed by atoms with Crippen molar-refractivity contribution in [3.63, 3.8) is 0 Å². The van der Waals surface area contributed by atoms with Crippen molar-refractivity contribution in [2.45, 2.75) is 18.6 Å². The van der Waals surface area contributed by atoms with Crippen molar-refractivity contribution < 1.29 is 13.9 Å². The van der Waals surface area contributed by atoms with Crippen LogP contribution in [0.3, 0.4) is 0 Å². The van der Waals surface area contributed by atoms with Gasteiger partial charge in [-0.3, -0.25) is 9.36 Å². The summed E-state index contributed by atoms with van der Waals surface area (Å²) >= 11 is 1.27. The highest BCUT2D eigenvalue weighted by Gasteiger charge is 2.12. The molecule has 2 aromatic carbocycles. The number of carbonyl (C=O) groups is 1. The number of imidazole rings is 1. The second kappa shape index (κ2) is 9.65. The average Bonchev–Trinajstić information content (AvgIpc) is 3.45. The largest absolute Gasteiger partial charge is 0.497 e. The number of carbonyl (C=O) groups excluding carboxylic acids is 1. The Morgan fingerprint density at radius 1 is 1.19 bits per heavy atom. The van der Waals surface area contributed by atoms with Crippen molar-refractivity contribution >= 4 is 17.7 Å². The number of hydrogen-bond donors (Lipinski definition) is 1. The molecule has 0 unspecified atom stereocenters. The summed E-state index contributed by atoms with van der Waals surface area (Å²) in [5.41, 5.74) is 1.95. The van der Waals surface area contributed by atoms with Gasteiger partial charge in [0.2, 0.25) is 5.91 Å². The number of benzene rings is 2. The molecular weight excluding hydrogens is 431 g/mol. The van der Waals surface area contributed by atoms with E-state index in [0.717, 1.165) is 11.4 Å². The van der Waals surface area contributed by atoms with Crippen LogP contribution in [0, 0.1) is 12.7 Å². The monoisotopic (exact) mass is 452 g/mol. The summed E-state index contributed by atoms with van der Waals surface area (Å²) in [5, 5.41) is 11.4. The molecule has 0 aliphatic heterocycles. The number of nitrogens with zero attached hydrogens (tertiary/aromatic N) is 5. The van der Waals surface area contributed by atoms with Crippen molar-refractivity contribution in [2.75, 3.05) is 12.9 Å². The second-order valence-corrected chi connectivity index (χ2v) is 7.82. The van der Waals surface area contributed by atoms with Gasteiger partial charge >= 0.3 is 0 Å². The number of rotatable bonds is 8. The summed E-state index contributed by atoms with van der Waals surface area (Å²) in [6.45, 7) is 2.03. The Hall–Kier alpha value is -3.66. The van der Waals surface area contributed by atoms with Crippen LogP contribution in [0.25, 0.3) is 11.4 Å². The zero-order chi connectivity index (χ0) is 22.5. The number of aromatic nitrogens is 5. The topological polar surface area (TPSA) is 86.9 Å². The number of aryl methyl sites for hydroxylation is 1. The van der Waals surface area contributed by atoms with Gasteiger partial charge in [0.1, 0.15) is 23.7 Å². The number of halogens is 1. The molecule has 0 atom stereocenters. The summed E-state index contributed by atoms with van der Waals surface area (Å²) in [6.07, 6.45) is 4.92. The van der Waals surface area contributed by atoms with Crippen LogP contribution in [0.15, 0.2) is 66.3 Å². The number of methoxy groups -OCH3 is 1. The molecule has 0 saturated carbocycles. The lowest BCUT2D eigenvalue weighted by molar-refractivity contribution is -0.118. The van der Waals surface area contributed by atoms with Crippen LogP contribution in [-0.2, 0) is 11.3 Å². The first-order chi connectivity index (χ1) is 15.5. The van der Waals surface area contributed by atoms with Crippen LogP contribution in [-0.4, -0.2) is 43.1 Å². The minimum Gasteiger partial charge on any atom is -0.497 e. The number of ether oxygens (including phenoxy) is 1. The smallest absolute Gasteiger partial charge is 0.230 e. The van der Waals surface area contributed by atoms with Crippen LogP contribution in [0.1, 0.15) is 11.4 Å². The third kappa shape index (κ3) is 4.80. The highest BCUT2D eigenvalue weighted by molar-refractivity contribution is 7.99. The summed E-state index contributed by atoms with van der Waals surface area (Å²) in [4.78, 5) is 16.4. The third-order valence-electron chi connectivity index (χ3n) is 4.79. The van der Waals surface area contributed by atoms with Gasteiger partial charge in [-0.2, -0.15) is 0 Å². The first-order valence-corrected chi connectivity index (χ1v) is 10.8. The SMILES string of the molecule is COc1ccc(-n2cnnc2SCC(=O)NCc2ccc(-n3ccnc3C)c(F)c2)cc1. The Morgan fingerprint density at radius 3 is 2.69 bits per heavy atom. The highest BCUT2D eigenvalue weighted by Crippen LogP contribution is 2.21. The van der Waals surface area contributed by atoms with Gasteiger partial charge in [-0.1, -0.05) is 17.8 Å². The average molecular weight is 453 g/mol. The van der Waals surface area contributed by atoms with E-state index >= 15 is 0 Å². The minimum atomic E-state index is -0.375. The van der Waals surface area contributed by atoms with E-state index in [0.29, 0.717) is 22.2 Å². The Morgan fingerprint density at radius 2 is 2.00 bits per heavy atom. The van der Waals surface area contributed by atoms with Gasteiger partial charge < -0.3 is 14.6 Å². The van der Waals surface area contributed by atoms with Crippen molar-refractivity contribution in [3.05, 3.63) is 78.4 Å². The molecule has 0 saturated heterocycles. The van der Waals surface area contributed by atoms with Gasteiger partial charge in [0.05, 0.1) is 18.6 Å². The van der Waals surface area contributed by atoms with Crippen molar-refractivity contribution in [1.29, 1.82) is 0 Å². The lowest BCUT2D eigenvalue weighted by Crippen LogP contribution is -2.24. The van der Waals surface area contributed by atoms with Crippen LogP contribution >= 0.6 is 11.8 Å². The lowest BCUT2D eigenvalue weighted by atomic mass is 10.2.